The minimum Gasteiger partial charge on any atom is -0.385 e. The summed E-state index contributed by atoms with van der Waals surface area (Å²) < 4.78 is 43.5. The number of thiazole rings is 1. The summed E-state index contributed by atoms with van der Waals surface area (Å²) in [4.78, 5) is 24.6. The number of ether oxygens (including phenoxy) is 1. The van der Waals surface area contributed by atoms with E-state index in [9.17, 15) is 18.0 Å². The lowest BCUT2D eigenvalue weighted by Crippen LogP contribution is -2.29. The van der Waals surface area contributed by atoms with E-state index in [-0.39, 0.29) is 5.56 Å². The van der Waals surface area contributed by atoms with Crippen molar-refractivity contribution in [1.82, 2.24) is 20.3 Å². The maximum Gasteiger partial charge on any atom is 0.417 e. The first-order valence-electron chi connectivity index (χ1n) is 8.21. The van der Waals surface area contributed by atoms with E-state index in [2.05, 4.69) is 25.6 Å². The molecule has 148 valence electrons. The van der Waals surface area contributed by atoms with Gasteiger partial charge in [0.1, 0.15) is 10.3 Å². The van der Waals surface area contributed by atoms with Crippen LogP contribution in [0.5, 0.6) is 0 Å². The summed E-state index contributed by atoms with van der Waals surface area (Å²) in [6, 6.07) is 3.79. The Labute approximate surface area is 162 Å². The van der Waals surface area contributed by atoms with E-state index in [0.717, 1.165) is 23.6 Å². The molecule has 0 spiro atoms. The second-order valence-electron chi connectivity index (χ2n) is 5.73. The van der Waals surface area contributed by atoms with Crippen LogP contribution in [0.3, 0.4) is 0 Å². The van der Waals surface area contributed by atoms with Crippen molar-refractivity contribution in [2.75, 3.05) is 25.6 Å². The van der Waals surface area contributed by atoms with Crippen LogP contribution in [0, 0.1) is 0 Å². The normalized spacial score (nSPS) is 11.6. The predicted molar refractivity (Wildman–Crippen MR) is 99.2 cm³/mol. The third-order valence-electron chi connectivity index (χ3n) is 3.65. The monoisotopic (exact) mass is 411 g/mol. The molecular formula is C17H16F3N5O2S. The maximum atomic E-state index is 12.9. The van der Waals surface area contributed by atoms with Gasteiger partial charge in [0, 0.05) is 38.2 Å². The number of carbonyl (C=O) groups is 1. The molecule has 0 aromatic carbocycles. The maximum absolute atomic E-state index is 12.9. The van der Waals surface area contributed by atoms with Crippen molar-refractivity contribution in [3.8, 4) is 11.3 Å². The van der Waals surface area contributed by atoms with Crippen LogP contribution in [0.4, 0.5) is 23.1 Å². The largest absolute Gasteiger partial charge is 0.417 e. The number of fused-ring (bicyclic) bond motifs is 1. The van der Waals surface area contributed by atoms with E-state index in [1.54, 1.807) is 19.2 Å². The molecule has 0 aliphatic rings. The number of aromatic nitrogens is 3. The van der Waals surface area contributed by atoms with Crippen LogP contribution in [0.25, 0.3) is 21.6 Å². The van der Waals surface area contributed by atoms with Gasteiger partial charge in [0.2, 0.25) is 0 Å². The van der Waals surface area contributed by atoms with E-state index in [4.69, 9.17) is 4.74 Å². The van der Waals surface area contributed by atoms with Crippen LogP contribution in [0.1, 0.15) is 12.0 Å². The van der Waals surface area contributed by atoms with Crippen molar-refractivity contribution in [3.63, 3.8) is 0 Å². The second-order valence-corrected chi connectivity index (χ2v) is 6.70. The minimum absolute atomic E-state index is 0.246. The molecule has 0 saturated carbocycles. The number of urea groups is 1. The fourth-order valence-electron chi connectivity index (χ4n) is 2.33. The molecular weight excluding hydrogens is 395 g/mol. The third-order valence-corrected chi connectivity index (χ3v) is 4.53. The third kappa shape index (κ3) is 4.93. The van der Waals surface area contributed by atoms with Gasteiger partial charge in [-0.2, -0.15) is 13.2 Å². The number of halogens is 3. The van der Waals surface area contributed by atoms with Gasteiger partial charge in [0.25, 0.3) is 0 Å². The SMILES string of the molecule is COCCCNC(=O)Nc1nc2ccc(-c3cncc(C(F)(F)F)c3)nc2s1. The summed E-state index contributed by atoms with van der Waals surface area (Å²) in [6.07, 6.45) is -1.72. The number of amides is 2. The van der Waals surface area contributed by atoms with Crippen molar-refractivity contribution in [1.29, 1.82) is 0 Å². The number of carbonyl (C=O) groups excluding carboxylic acids is 1. The number of anilines is 1. The Balaban J connectivity index is 1.75. The Morgan fingerprint density at radius 2 is 2.07 bits per heavy atom. The van der Waals surface area contributed by atoms with Crippen LogP contribution >= 0.6 is 11.3 Å². The van der Waals surface area contributed by atoms with Gasteiger partial charge in [-0.05, 0) is 24.6 Å². The lowest BCUT2D eigenvalue weighted by Gasteiger charge is -2.07. The summed E-state index contributed by atoms with van der Waals surface area (Å²) in [7, 11) is 1.58. The predicted octanol–water partition coefficient (Wildman–Crippen LogP) is 3.93. The number of rotatable bonds is 6. The zero-order valence-electron chi connectivity index (χ0n) is 14.7. The van der Waals surface area contributed by atoms with Crippen LogP contribution in [0.2, 0.25) is 0 Å². The molecule has 2 amide bonds. The van der Waals surface area contributed by atoms with Crippen molar-refractivity contribution in [2.24, 2.45) is 0 Å². The number of methoxy groups -OCH3 is 1. The van der Waals surface area contributed by atoms with E-state index >= 15 is 0 Å². The van der Waals surface area contributed by atoms with E-state index in [1.165, 1.54) is 6.20 Å². The molecule has 3 aromatic heterocycles. The molecule has 0 atom stereocenters. The Bertz CT molecular complexity index is 977. The van der Waals surface area contributed by atoms with Crippen LogP contribution in [-0.2, 0) is 10.9 Å². The number of nitrogens with one attached hydrogen (secondary N) is 2. The van der Waals surface area contributed by atoms with Crippen molar-refractivity contribution < 1.29 is 22.7 Å². The highest BCUT2D eigenvalue weighted by Gasteiger charge is 2.31. The Kier molecular flexibility index (Phi) is 6.05. The zero-order valence-corrected chi connectivity index (χ0v) is 15.5. The molecule has 0 aliphatic carbocycles. The molecule has 0 unspecified atom stereocenters. The highest BCUT2D eigenvalue weighted by Crippen LogP contribution is 2.32. The number of hydrogen-bond acceptors (Lipinski definition) is 6. The van der Waals surface area contributed by atoms with Gasteiger partial charge < -0.3 is 10.1 Å². The molecule has 3 heterocycles. The van der Waals surface area contributed by atoms with Gasteiger partial charge in [-0.1, -0.05) is 11.3 Å². The van der Waals surface area contributed by atoms with E-state index in [1.807, 2.05) is 0 Å². The van der Waals surface area contributed by atoms with Crippen LogP contribution < -0.4 is 10.6 Å². The minimum atomic E-state index is -4.48. The summed E-state index contributed by atoms with van der Waals surface area (Å²) >= 11 is 1.13. The van der Waals surface area contributed by atoms with Gasteiger partial charge in [-0.3, -0.25) is 10.3 Å². The number of pyridine rings is 2. The van der Waals surface area contributed by atoms with E-state index in [0.29, 0.717) is 40.7 Å². The highest BCUT2D eigenvalue weighted by molar-refractivity contribution is 7.21. The molecule has 28 heavy (non-hydrogen) atoms. The molecule has 0 saturated heterocycles. The Morgan fingerprint density at radius 3 is 2.82 bits per heavy atom. The first kappa shape index (κ1) is 20.0. The lowest BCUT2D eigenvalue weighted by atomic mass is 10.1. The quantitative estimate of drug-likeness (QED) is 0.600. The summed E-state index contributed by atoms with van der Waals surface area (Å²) in [5.74, 6) is 0. The molecule has 0 fully saturated rings. The lowest BCUT2D eigenvalue weighted by molar-refractivity contribution is -0.137. The number of nitrogens with zero attached hydrogens (tertiary/aromatic N) is 3. The summed E-state index contributed by atoms with van der Waals surface area (Å²) in [5, 5.41) is 5.62. The fraction of sp³-hybridized carbons (Fsp3) is 0.294. The number of hydrogen-bond donors (Lipinski definition) is 2. The molecule has 11 heteroatoms. The van der Waals surface area contributed by atoms with Gasteiger partial charge in [-0.25, -0.2) is 14.8 Å². The molecule has 3 rings (SSSR count). The number of alkyl halides is 3. The fourth-order valence-corrected chi connectivity index (χ4v) is 3.16. The topological polar surface area (TPSA) is 89.0 Å². The molecule has 7 nitrogen and oxygen atoms in total. The van der Waals surface area contributed by atoms with Crippen LogP contribution in [0.15, 0.2) is 30.6 Å². The smallest absolute Gasteiger partial charge is 0.385 e. The van der Waals surface area contributed by atoms with Gasteiger partial charge in [0.15, 0.2) is 5.13 Å². The van der Waals surface area contributed by atoms with Crippen molar-refractivity contribution in [3.05, 3.63) is 36.2 Å². The molecule has 0 bridgehead atoms. The first-order chi connectivity index (χ1) is 13.4. The average Bonchev–Trinajstić information content (AvgIpc) is 3.06. The zero-order chi connectivity index (χ0) is 20.1. The summed E-state index contributed by atoms with van der Waals surface area (Å²) in [5.41, 5.74) is 0.271. The van der Waals surface area contributed by atoms with Gasteiger partial charge >= 0.3 is 12.2 Å². The van der Waals surface area contributed by atoms with Crippen molar-refractivity contribution >= 4 is 32.8 Å². The summed E-state index contributed by atoms with van der Waals surface area (Å²) in [6.45, 7) is 0.994. The molecule has 3 aromatic rings. The standard InChI is InChI=1S/C17H16F3N5O2S/c1-27-6-2-5-22-15(26)25-16-24-13-4-3-12(23-14(13)28-16)10-7-11(9-21-8-10)17(18,19)20/h3-4,7-9H,2,5-6H2,1H3,(H2,22,24,25,26). The Morgan fingerprint density at radius 1 is 1.25 bits per heavy atom. The molecule has 2 N–H and O–H groups in total. The highest BCUT2D eigenvalue weighted by atomic mass is 32.1. The molecule has 0 aliphatic heterocycles. The molecule has 0 radical (unpaired) electrons. The van der Waals surface area contributed by atoms with Gasteiger partial charge in [-0.15, -0.1) is 0 Å². The van der Waals surface area contributed by atoms with Gasteiger partial charge in [0.05, 0.1) is 11.3 Å². The van der Waals surface area contributed by atoms with E-state index < -0.39 is 17.8 Å². The average molecular weight is 411 g/mol. The second kappa shape index (κ2) is 8.48. The Hall–Kier alpha value is -2.79. The first-order valence-corrected chi connectivity index (χ1v) is 9.02. The van der Waals surface area contributed by atoms with Crippen molar-refractivity contribution in [2.45, 2.75) is 12.6 Å². The van der Waals surface area contributed by atoms with Crippen LogP contribution in [-0.4, -0.2) is 41.2 Å².